The summed E-state index contributed by atoms with van der Waals surface area (Å²) in [6.45, 7) is 5.35. The van der Waals surface area contributed by atoms with Crippen LogP contribution in [0.3, 0.4) is 0 Å². The van der Waals surface area contributed by atoms with Gasteiger partial charge < -0.3 is 14.2 Å². The van der Waals surface area contributed by atoms with E-state index in [2.05, 4.69) is 15.9 Å². The average Bonchev–Trinajstić information content (AvgIpc) is 2.42. The molecule has 3 nitrogen and oxygen atoms in total. The smallest absolute Gasteiger partial charge is 0.118 e. The standard InChI is InChI=1S/C14H21BrO3/c1-4-17-10-11(2)18-14(9-15)12-5-7-13(16-3)8-6-12/h5-8,11,14H,4,9-10H2,1-3H3. The summed E-state index contributed by atoms with van der Waals surface area (Å²) in [6.07, 6.45) is 0.112. The lowest BCUT2D eigenvalue weighted by Crippen LogP contribution is -2.20. The summed E-state index contributed by atoms with van der Waals surface area (Å²) >= 11 is 3.49. The van der Waals surface area contributed by atoms with Crippen molar-refractivity contribution in [1.29, 1.82) is 0 Å². The monoisotopic (exact) mass is 316 g/mol. The van der Waals surface area contributed by atoms with Crippen molar-refractivity contribution in [2.45, 2.75) is 26.1 Å². The van der Waals surface area contributed by atoms with E-state index in [1.54, 1.807) is 7.11 Å². The number of alkyl halides is 1. The van der Waals surface area contributed by atoms with Gasteiger partial charge in [-0.1, -0.05) is 28.1 Å². The molecular weight excluding hydrogens is 296 g/mol. The summed E-state index contributed by atoms with van der Waals surface area (Å²) in [4.78, 5) is 0. The molecule has 0 saturated heterocycles. The number of rotatable bonds is 8. The molecule has 0 aliphatic carbocycles. The molecule has 4 heteroatoms. The van der Waals surface area contributed by atoms with Crippen molar-refractivity contribution >= 4 is 15.9 Å². The van der Waals surface area contributed by atoms with Crippen LogP contribution < -0.4 is 4.74 Å². The van der Waals surface area contributed by atoms with Crippen molar-refractivity contribution in [1.82, 2.24) is 0 Å². The van der Waals surface area contributed by atoms with Gasteiger partial charge >= 0.3 is 0 Å². The Balaban J connectivity index is 2.58. The summed E-state index contributed by atoms with van der Waals surface area (Å²) in [5.74, 6) is 0.856. The third kappa shape index (κ3) is 4.96. The molecular formula is C14H21BrO3. The highest BCUT2D eigenvalue weighted by Crippen LogP contribution is 2.23. The minimum absolute atomic E-state index is 0.0337. The first-order chi connectivity index (χ1) is 8.71. The molecule has 0 aromatic heterocycles. The zero-order valence-electron chi connectivity index (χ0n) is 11.2. The molecule has 102 valence electrons. The van der Waals surface area contributed by atoms with Gasteiger partial charge in [0.1, 0.15) is 5.75 Å². The summed E-state index contributed by atoms with van der Waals surface area (Å²) < 4.78 is 16.4. The van der Waals surface area contributed by atoms with Crippen LogP contribution in [0.2, 0.25) is 0 Å². The number of benzene rings is 1. The van der Waals surface area contributed by atoms with Gasteiger partial charge in [-0.25, -0.2) is 0 Å². The van der Waals surface area contributed by atoms with Gasteiger partial charge in [-0.3, -0.25) is 0 Å². The minimum Gasteiger partial charge on any atom is -0.497 e. The molecule has 0 spiro atoms. The van der Waals surface area contributed by atoms with Crippen molar-refractivity contribution in [2.24, 2.45) is 0 Å². The first-order valence-electron chi connectivity index (χ1n) is 6.14. The summed E-state index contributed by atoms with van der Waals surface area (Å²) in [5.41, 5.74) is 1.14. The molecule has 0 amide bonds. The molecule has 0 saturated carbocycles. The molecule has 2 unspecified atom stereocenters. The summed E-state index contributed by atoms with van der Waals surface area (Å²) in [7, 11) is 1.66. The van der Waals surface area contributed by atoms with E-state index in [-0.39, 0.29) is 12.2 Å². The highest BCUT2D eigenvalue weighted by atomic mass is 79.9. The second-order valence-electron chi connectivity index (χ2n) is 4.02. The number of halogens is 1. The third-order valence-corrected chi connectivity index (χ3v) is 3.17. The predicted molar refractivity (Wildman–Crippen MR) is 76.6 cm³/mol. The van der Waals surface area contributed by atoms with Crippen LogP contribution in [0.4, 0.5) is 0 Å². The summed E-state index contributed by atoms with van der Waals surface area (Å²) in [6, 6.07) is 7.94. The van der Waals surface area contributed by atoms with E-state index in [0.717, 1.165) is 23.2 Å². The van der Waals surface area contributed by atoms with Crippen LogP contribution in [0.1, 0.15) is 25.5 Å². The maximum Gasteiger partial charge on any atom is 0.118 e. The van der Waals surface area contributed by atoms with E-state index in [1.807, 2.05) is 38.1 Å². The average molecular weight is 317 g/mol. The first-order valence-corrected chi connectivity index (χ1v) is 7.26. The Morgan fingerprint density at radius 2 is 1.89 bits per heavy atom. The molecule has 2 atom stereocenters. The van der Waals surface area contributed by atoms with E-state index < -0.39 is 0 Å². The highest BCUT2D eigenvalue weighted by molar-refractivity contribution is 9.09. The van der Waals surface area contributed by atoms with Gasteiger partial charge in [0.25, 0.3) is 0 Å². The van der Waals surface area contributed by atoms with Crippen molar-refractivity contribution in [3.63, 3.8) is 0 Å². The van der Waals surface area contributed by atoms with Crippen LogP contribution >= 0.6 is 15.9 Å². The Kier molecular flexibility index (Phi) is 7.32. The Morgan fingerprint density at radius 1 is 1.22 bits per heavy atom. The lowest BCUT2D eigenvalue weighted by molar-refractivity contribution is -0.0383. The van der Waals surface area contributed by atoms with Gasteiger partial charge in [-0.15, -0.1) is 0 Å². The van der Waals surface area contributed by atoms with Crippen LogP contribution in [0.5, 0.6) is 5.75 Å². The maximum atomic E-state index is 5.95. The van der Waals surface area contributed by atoms with E-state index in [4.69, 9.17) is 14.2 Å². The van der Waals surface area contributed by atoms with Gasteiger partial charge in [0.15, 0.2) is 0 Å². The Labute approximate surface area is 118 Å². The maximum absolute atomic E-state index is 5.95. The van der Waals surface area contributed by atoms with E-state index >= 15 is 0 Å². The second-order valence-corrected chi connectivity index (χ2v) is 4.67. The van der Waals surface area contributed by atoms with Crippen LogP contribution in [0.25, 0.3) is 0 Å². The fourth-order valence-corrected chi connectivity index (χ4v) is 2.15. The number of hydrogen-bond donors (Lipinski definition) is 0. The number of ether oxygens (including phenoxy) is 3. The third-order valence-electron chi connectivity index (χ3n) is 2.58. The molecule has 0 radical (unpaired) electrons. The number of methoxy groups -OCH3 is 1. The van der Waals surface area contributed by atoms with Crippen LogP contribution in [0.15, 0.2) is 24.3 Å². The quantitative estimate of drug-likeness (QED) is 0.686. The molecule has 0 N–H and O–H groups in total. The normalized spacial score (nSPS) is 14.2. The minimum atomic E-state index is 0.0337. The predicted octanol–water partition coefficient (Wildman–Crippen LogP) is 3.57. The largest absolute Gasteiger partial charge is 0.497 e. The van der Waals surface area contributed by atoms with Crippen molar-refractivity contribution in [2.75, 3.05) is 25.7 Å². The zero-order chi connectivity index (χ0) is 13.4. The molecule has 0 bridgehead atoms. The SMILES string of the molecule is CCOCC(C)OC(CBr)c1ccc(OC)cc1. The van der Waals surface area contributed by atoms with Gasteiger partial charge in [0.05, 0.1) is 25.9 Å². The van der Waals surface area contributed by atoms with Crippen LogP contribution in [0, 0.1) is 0 Å². The first kappa shape index (κ1) is 15.5. The topological polar surface area (TPSA) is 27.7 Å². The van der Waals surface area contributed by atoms with Crippen molar-refractivity contribution in [3.05, 3.63) is 29.8 Å². The van der Waals surface area contributed by atoms with Crippen LogP contribution in [-0.4, -0.2) is 31.8 Å². The van der Waals surface area contributed by atoms with Crippen molar-refractivity contribution < 1.29 is 14.2 Å². The molecule has 1 rings (SSSR count). The molecule has 0 heterocycles. The fourth-order valence-electron chi connectivity index (χ4n) is 1.63. The molecule has 1 aromatic carbocycles. The van der Waals surface area contributed by atoms with Crippen LogP contribution in [-0.2, 0) is 9.47 Å². The van der Waals surface area contributed by atoms with Gasteiger partial charge in [-0.2, -0.15) is 0 Å². The fraction of sp³-hybridized carbons (Fsp3) is 0.571. The lowest BCUT2D eigenvalue weighted by Gasteiger charge is -2.21. The van der Waals surface area contributed by atoms with Gasteiger partial charge in [-0.05, 0) is 31.5 Å². The summed E-state index contributed by atoms with van der Waals surface area (Å²) in [5, 5.41) is 0.760. The molecule has 18 heavy (non-hydrogen) atoms. The van der Waals surface area contributed by atoms with Gasteiger partial charge in [0, 0.05) is 11.9 Å². The highest BCUT2D eigenvalue weighted by Gasteiger charge is 2.14. The number of hydrogen-bond acceptors (Lipinski definition) is 3. The zero-order valence-corrected chi connectivity index (χ0v) is 12.8. The Hall–Kier alpha value is -0.580. The molecule has 0 aliphatic rings. The Bertz CT molecular complexity index is 326. The van der Waals surface area contributed by atoms with E-state index in [1.165, 1.54) is 0 Å². The van der Waals surface area contributed by atoms with Gasteiger partial charge in [0.2, 0.25) is 0 Å². The van der Waals surface area contributed by atoms with Crippen molar-refractivity contribution in [3.8, 4) is 5.75 Å². The molecule has 0 fully saturated rings. The molecule has 0 aliphatic heterocycles. The Morgan fingerprint density at radius 3 is 2.39 bits per heavy atom. The lowest BCUT2D eigenvalue weighted by atomic mass is 10.1. The van der Waals surface area contributed by atoms with E-state index in [0.29, 0.717) is 6.61 Å². The second kappa shape index (κ2) is 8.51. The van der Waals surface area contributed by atoms with E-state index in [9.17, 15) is 0 Å². The molecule has 1 aromatic rings.